The monoisotopic (exact) mass is 419 g/mol. The van der Waals surface area contributed by atoms with E-state index in [1.807, 2.05) is 32.6 Å². The van der Waals surface area contributed by atoms with Crippen LogP contribution in [0.15, 0.2) is 24.3 Å². The van der Waals surface area contributed by atoms with Gasteiger partial charge in [-0.15, -0.1) is 0 Å². The number of amides is 3. The lowest BCUT2D eigenvalue weighted by atomic mass is 9.88. The van der Waals surface area contributed by atoms with Crippen molar-refractivity contribution >= 4 is 17.7 Å². The molecule has 1 aliphatic rings. The lowest BCUT2D eigenvalue weighted by Gasteiger charge is -2.36. The first kappa shape index (κ1) is 23.8. The normalized spacial score (nSPS) is 16.8. The van der Waals surface area contributed by atoms with Crippen LogP contribution < -0.4 is 10.6 Å². The first-order chi connectivity index (χ1) is 14.2. The van der Waals surface area contributed by atoms with Crippen LogP contribution in [0.3, 0.4) is 0 Å². The SMILES string of the molecule is CC[C@@H](C)NC(=O)[C@H](NC(=O)c1ccccc1F)C1CCN(C(=O)CC(C)C)CC1. The lowest BCUT2D eigenvalue weighted by Crippen LogP contribution is -2.55. The quantitative estimate of drug-likeness (QED) is 0.680. The summed E-state index contributed by atoms with van der Waals surface area (Å²) >= 11 is 0. The Bertz CT molecular complexity index is 745. The van der Waals surface area contributed by atoms with Gasteiger partial charge in [-0.2, -0.15) is 0 Å². The minimum absolute atomic E-state index is 0.0296. The van der Waals surface area contributed by atoms with Crippen LogP contribution in [0.1, 0.15) is 63.7 Å². The number of benzene rings is 1. The van der Waals surface area contributed by atoms with E-state index in [0.29, 0.717) is 38.3 Å². The van der Waals surface area contributed by atoms with E-state index < -0.39 is 17.8 Å². The van der Waals surface area contributed by atoms with Crippen molar-refractivity contribution in [2.75, 3.05) is 13.1 Å². The van der Waals surface area contributed by atoms with Crippen LogP contribution in [0.4, 0.5) is 4.39 Å². The van der Waals surface area contributed by atoms with Gasteiger partial charge in [-0.3, -0.25) is 14.4 Å². The maximum absolute atomic E-state index is 14.0. The first-order valence-electron chi connectivity index (χ1n) is 10.9. The van der Waals surface area contributed by atoms with Gasteiger partial charge in [0.15, 0.2) is 0 Å². The molecule has 1 aromatic carbocycles. The third-order valence-corrected chi connectivity index (χ3v) is 5.64. The molecule has 6 nitrogen and oxygen atoms in total. The molecule has 30 heavy (non-hydrogen) atoms. The molecule has 2 N–H and O–H groups in total. The molecule has 0 saturated carbocycles. The van der Waals surface area contributed by atoms with Crippen molar-refractivity contribution < 1.29 is 18.8 Å². The van der Waals surface area contributed by atoms with Crippen LogP contribution in [0.25, 0.3) is 0 Å². The molecule has 2 atom stereocenters. The smallest absolute Gasteiger partial charge is 0.254 e. The zero-order valence-electron chi connectivity index (χ0n) is 18.4. The summed E-state index contributed by atoms with van der Waals surface area (Å²) in [5.74, 6) is -1.18. The van der Waals surface area contributed by atoms with E-state index in [9.17, 15) is 18.8 Å². The van der Waals surface area contributed by atoms with Gasteiger partial charge in [0, 0.05) is 25.6 Å². The van der Waals surface area contributed by atoms with Crippen molar-refractivity contribution in [3.05, 3.63) is 35.6 Å². The van der Waals surface area contributed by atoms with Crippen molar-refractivity contribution in [2.45, 2.75) is 65.5 Å². The van der Waals surface area contributed by atoms with Gasteiger partial charge in [0.1, 0.15) is 11.9 Å². The zero-order chi connectivity index (χ0) is 22.3. The van der Waals surface area contributed by atoms with Gasteiger partial charge in [-0.05, 0) is 50.2 Å². The Morgan fingerprint density at radius 2 is 1.73 bits per heavy atom. The second kappa shape index (κ2) is 11.1. The molecule has 0 bridgehead atoms. The molecule has 1 fully saturated rings. The standard InChI is InChI=1S/C23H34FN3O3/c1-5-16(4)25-23(30)21(26-22(29)18-8-6-7-9-19(18)24)17-10-12-27(13-11-17)20(28)14-15(2)3/h6-9,15-17,21H,5,10-14H2,1-4H3,(H,25,30)(H,26,29)/t16-,21-/m1/s1. The highest BCUT2D eigenvalue weighted by molar-refractivity contribution is 5.97. The van der Waals surface area contributed by atoms with Crippen LogP contribution >= 0.6 is 0 Å². The van der Waals surface area contributed by atoms with Crippen LogP contribution in [0.5, 0.6) is 0 Å². The van der Waals surface area contributed by atoms with Crippen molar-refractivity contribution in [3.63, 3.8) is 0 Å². The molecule has 1 saturated heterocycles. The van der Waals surface area contributed by atoms with Gasteiger partial charge in [-0.25, -0.2) is 4.39 Å². The minimum atomic E-state index is -0.770. The summed E-state index contributed by atoms with van der Waals surface area (Å²) in [5, 5.41) is 5.69. The molecular formula is C23H34FN3O3. The Hall–Kier alpha value is -2.44. The van der Waals surface area contributed by atoms with Gasteiger partial charge in [0.2, 0.25) is 11.8 Å². The molecule has 0 spiro atoms. The highest BCUT2D eigenvalue weighted by Crippen LogP contribution is 2.23. The number of nitrogens with zero attached hydrogens (tertiary/aromatic N) is 1. The predicted octanol–water partition coefficient (Wildman–Crippen LogP) is 3.12. The first-order valence-corrected chi connectivity index (χ1v) is 10.9. The number of carbonyl (C=O) groups excluding carboxylic acids is 3. The summed E-state index contributed by atoms with van der Waals surface area (Å²) in [5.41, 5.74) is -0.0802. The van der Waals surface area contributed by atoms with Gasteiger partial charge < -0.3 is 15.5 Å². The largest absolute Gasteiger partial charge is 0.352 e. The Balaban J connectivity index is 2.10. The molecule has 2 rings (SSSR count). The van der Waals surface area contributed by atoms with E-state index in [1.54, 1.807) is 6.07 Å². The average Bonchev–Trinajstić information content (AvgIpc) is 2.71. The van der Waals surface area contributed by atoms with Crippen molar-refractivity contribution in [2.24, 2.45) is 11.8 Å². The molecule has 0 radical (unpaired) electrons. The van der Waals surface area contributed by atoms with E-state index in [-0.39, 0.29) is 29.3 Å². The fraction of sp³-hybridized carbons (Fsp3) is 0.609. The van der Waals surface area contributed by atoms with Gasteiger partial charge in [0.05, 0.1) is 5.56 Å². The summed E-state index contributed by atoms with van der Waals surface area (Å²) in [6.07, 6.45) is 2.49. The van der Waals surface area contributed by atoms with E-state index >= 15 is 0 Å². The molecule has 0 aromatic heterocycles. The predicted molar refractivity (Wildman–Crippen MR) is 114 cm³/mol. The maximum atomic E-state index is 14.0. The highest BCUT2D eigenvalue weighted by Gasteiger charge is 2.34. The second-order valence-electron chi connectivity index (χ2n) is 8.57. The third-order valence-electron chi connectivity index (χ3n) is 5.64. The number of piperidine rings is 1. The van der Waals surface area contributed by atoms with Crippen molar-refractivity contribution in [3.8, 4) is 0 Å². The maximum Gasteiger partial charge on any atom is 0.254 e. The fourth-order valence-corrected chi connectivity index (χ4v) is 3.66. The van der Waals surface area contributed by atoms with Crippen molar-refractivity contribution in [1.29, 1.82) is 0 Å². The third kappa shape index (κ3) is 6.54. The lowest BCUT2D eigenvalue weighted by molar-refractivity contribution is -0.133. The van der Waals surface area contributed by atoms with E-state index in [2.05, 4.69) is 10.6 Å². The van der Waals surface area contributed by atoms with Crippen LogP contribution in [0.2, 0.25) is 0 Å². The zero-order valence-corrected chi connectivity index (χ0v) is 18.4. The van der Waals surface area contributed by atoms with Gasteiger partial charge >= 0.3 is 0 Å². The molecule has 7 heteroatoms. The Morgan fingerprint density at radius 1 is 1.10 bits per heavy atom. The van der Waals surface area contributed by atoms with Crippen LogP contribution in [-0.4, -0.2) is 47.8 Å². The van der Waals surface area contributed by atoms with E-state index in [0.717, 1.165) is 6.42 Å². The summed E-state index contributed by atoms with van der Waals surface area (Å²) in [6.45, 7) is 9.01. The average molecular weight is 420 g/mol. The number of likely N-dealkylation sites (tertiary alicyclic amines) is 1. The highest BCUT2D eigenvalue weighted by atomic mass is 19.1. The topological polar surface area (TPSA) is 78.5 Å². The molecule has 1 aromatic rings. The molecule has 3 amide bonds. The van der Waals surface area contributed by atoms with Crippen LogP contribution in [-0.2, 0) is 9.59 Å². The molecule has 1 heterocycles. The van der Waals surface area contributed by atoms with Gasteiger partial charge in [0.25, 0.3) is 5.91 Å². The molecule has 1 aliphatic heterocycles. The Labute approximate surface area is 178 Å². The second-order valence-corrected chi connectivity index (χ2v) is 8.57. The van der Waals surface area contributed by atoms with E-state index in [4.69, 9.17) is 0 Å². The number of rotatable bonds is 8. The molecule has 166 valence electrons. The number of hydrogen-bond donors (Lipinski definition) is 2. The molecule has 0 aliphatic carbocycles. The summed E-state index contributed by atoms with van der Waals surface area (Å²) in [7, 11) is 0. The summed E-state index contributed by atoms with van der Waals surface area (Å²) in [6, 6.07) is 4.93. The minimum Gasteiger partial charge on any atom is -0.352 e. The summed E-state index contributed by atoms with van der Waals surface area (Å²) in [4.78, 5) is 39.8. The Morgan fingerprint density at radius 3 is 2.30 bits per heavy atom. The fourth-order valence-electron chi connectivity index (χ4n) is 3.66. The van der Waals surface area contributed by atoms with Crippen molar-refractivity contribution in [1.82, 2.24) is 15.5 Å². The molecular weight excluding hydrogens is 385 g/mol. The summed E-state index contributed by atoms with van der Waals surface area (Å²) < 4.78 is 14.0. The number of nitrogens with one attached hydrogen (secondary N) is 2. The van der Waals surface area contributed by atoms with Gasteiger partial charge in [-0.1, -0.05) is 32.9 Å². The molecule has 0 unspecified atom stereocenters. The van der Waals surface area contributed by atoms with Crippen LogP contribution in [0, 0.1) is 17.7 Å². The Kier molecular flexibility index (Phi) is 8.81. The number of carbonyl (C=O) groups is 3. The number of hydrogen-bond acceptors (Lipinski definition) is 3. The number of halogens is 1. The van der Waals surface area contributed by atoms with E-state index in [1.165, 1.54) is 18.2 Å².